The molecule has 2 aromatic carbocycles. The fourth-order valence-corrected chi connectivity index (χ4v) is 2.74. The van der Waals surface area contributed by atoms with E-state index in [1.165, 1.54) is 60.4 Å². The number of rotatable bonds is 9. The Labute approximate surface area is 135 Å². The van der Waals surface area contributed by atoms with Crippen molar-refractivity contribution in [3.8, 4) is 0 Å². The zero-order valence-electron chi connectivity index (χ0n) is 13.9. The van der Waals surface area contributed by atoms with E-state index in [2.05, 4.69) is 68.1 Å². The highest BCUT2D eigenvalue weighted by Gasteiger charge is 1.99. The normalized spacial score (nSPS) is 11.3. The van der Waals surface area contributed by atoms with Crippen LogP contribution in [0.5, 0.6) is 0 Å². The van der Waals surface area contributed by atoms with Gasteiger partial charge >= 0.3 is 0 Å². The zero-order valence-corrected chi connectivity index (χ0v) is 13.9. The second kappa shape index (κ2) is 9.25. The first-order chi connectivity index (χ1) is 10.8. The third kappa shape index (κ3) is 5.18. The van der Waals surface area contributed by atoms with Gasteiger partial charge in [-0.05, 0) is 47.2 Å². The number of unbranched alkanes of at least 4 members (excludes halogenated alkanes) is 5. The van der Waals surface area contributed by atoms with Crippen molar-refractivity contribution in [3.05, 3.63) is 66.8 Å². The Morgan fingerprint density at radius 1 is 0.909 bits per heavy atom. The quantitative estimate of drug-likeness (QED) is 0.340. The van der Waals surface area contributed by atoms with Crippen LogP contribution < -0.4 is 0 Å². The Kier molecular flexibility index (Phi) is 6.96. The minimum atomic E-state index is 0.952. The Bertz CT molecular complexity index is 619. The van der Waals surface area contributed by atoms with Gasteiger partial charge < -0.3 is 0 Å². The molecule has 0 N–H and O–H groups in total. The Morgan fingerprint density at radius 2 is 1.68 bits per heavy atom. The Balaban J connectivity index is 1.78. The maximum atomic E-state index is 4.24. The predicted octanol–water partition coefficient (Wildman–Crippen LogP) is 7.16. The highest BCUT2D eigenvalue weighted by atomic mass is 14.0. The lowest BCUT2D eigenvalue weighted by atomic mass is 10.00. The molecule has 0 heteroatoms. The summed E-state index contributed by atoms with van der Waals surface area (Å²) in [4.78, 5) is 0. The van der Waals surface area contributed by atoms with Gasteiger partial charge in [-0.3, -0.25) is 0 Å². The fraction of sp³-hybridized carbons (Fsp3) is 0.364. The van der Waals surface area contributed by atoms with Crippen molar-refractivity contribution in [3.63, 3.8) is 0 Å². The molecule has 0 saturated carbocycles. The highest BCUT2D eigenvalue weighted by Crippen LogP contribution is 2.22. The van der Waals surface area contributed by atoms with Crippen LogP contribution in [0.25, 0.3) is 16.3 Å². The lowest BCUT2D eigenvalue weighted by Gasteiger charge is -2.05. The summed E-state index contributed by atoms with van der Waals surface area (Å²) in [6.07, 6.45) is 13.5. The molecule has 22 heavy (non-hydrogen) atoms. The number of benzene rings is 2. The van der Waals surface area contributed by atoms with Gasteiger partial charge in [-0.25, -0.2) is 0 Å². The van der Waals surface area contributed by atoms with Gasteiger partial charge in [0.15, 0.2) is 0 Å². The molecular formula is C22H28. The van der Waals surface area contributed by atoms with Crippen molar-refractivity contribution in [2.75, 3.05) is 0 Å². The summed E-state index contributed by atoms with van der Waals surface area (Å²) in [6, 6.07) is 15.1. The zero-order chi connectivity index (χ0) is 15.6. The lowest BCUT2D eigenvalue weighted by molar-refractivity contribution is 0.637. The standard InChI is InChI=1S/C22H28/c1-3-4-5-6-7-8-9-10-13-19(2)21-17-16-20-14-11-12-15-22(20)18-21/h9-12,14-18H,2-8,13H2,1H3/b10-9+. The van der Waals surface area contributed by atoms with Gasteiger partial charge in [0.05, 0.1) is 0 Å². The van der Waals surface area contributed by atoms with E-state index in [-0.39, 0.29) is 0 Å². The van der Waals surface area contributed by atoms with Crippen molar-refractivity contribution >= 4 is 16.3 Å². The van der Waals surface area contributed by atoms with Gasteiger partial charge in [-0.2, -0.15) is 0 Å². The number of fused-ring (bicyclic) bond motifs is 1. The third-order valence-corrected chi connectivity index (χ3v) is 4.16. The lowest BCUT2D eigenvalue weighted by Crippen LogP contribution is -1.82. The first-order valence-corrected chi connectivity index (χ1v) is 8.63. The van der Waals surface area contributed by atoms with E-state index in [0.717, 1.165) is 6.42 Å². The van der Waals surface area contributed by atoms with Gasteiger partial charge in [-0.1, -0.05) is 87.7 Å². The number of hydrogen-bond donors (Lipinski definition) is 0. The van der Waals surface area contributed by atoms with Crippen LogP contribution in [0.1, 0.15) is 57.4 Å². The minimum Gasteiger partial charge on any atom is -0.0949 e. The van der Waals surface area contributed by atoms with Crippen LogP contribution in [0.2, 0.25) is 0 Å². The van der Waals surface area contributed by atoms with Crippen molar-refractivity contribution in [2.45, 2.75) is 51.9 Å². The molecule has 0 unspecified atom stereocenters. The van der Waals surface area contributed by atoms with Gasteiger partial charge in [0.2, 0.25) is 0 Å². The van der Waals surface area contributed by atoms with E-state index in [9.17, 15) is 0 Å². The van der Waals surface area contributed by atoms with E-state index in [1.807, 2.05) is 0 Å². The number of allylic oxidation sites excluding steroid dienone is 3. The van der Waals surface area contributed by atoms with Crippen LogP contribution in [0.4, 0.5) is 0 Å². The highest BCUT2D eigenvalue weighted by molar-refractivity contribution is 5.86. The van der Waals surface area contributed by atoms with E-state index in [4.69, 9.17) is 0 Å². The van der Waals surface area contributed by atoms with Crippen LogP contribution in [-0.2, 0) is 0 Å². The maximum Gasteiger partial charge on any atom is -0.00974 e. The van der Waals surface area contributed by atoms with E-state index < -0.39 is 0 Å². The molecule has 0 aliphatic carbocycles. The van der Waals surface area contributed by atoms with Crippen LogP contribution in [0, 0.1) is 0 Å². The van der Waals surface area contributed by atoms with Gasteiger partial charge in [0, 0.05) is 0 Å². The first-order valence-electron chi connectivity index (χ1n) is 8.63. The summed E-state index contributed by atoms with van der Waals surface area (Å²) in [5.74, 6) is 0. The van der Waals surface area contributed by atoms with Crippen LogP contribution in [0.15, 0.2) is 61.2 Å². The molecule has 0 nitrogen and oxygen atoms in total. The summed E-state index contributed by atoms with van der Waals surface area (Å²) < 4.78 is 0. The third-order valence-electron chi connectivity index (χ3n) is 4.16. The molecule has 116 valence electrons. The molecule has 0 atom stereocenters. The molecule has 2 rings (SSSR count). The average molecular weight is 292 g/mol. The second-order valence-electron chi connectivity index (χ2n) is 6.04. The molecule has 0 aliphatic rings. The van der Waals surface area contributed by atoms with Crippen molar-refractivity contribution in [1.82, 2.24) is 0 Å². The summed E-state index contributed by atoms with van der Waals surface area (Å²) >= 11 is 0. The molecule has 0 aliphatic heterocycles. The van der Waals surface area contributed by atoms with Gasteiger partial charge in [0.25, 0.3) is 0 Å². The van der Waals surface area contributed by atoms with Crippen molar-refractivity contribution < 1.29 is 0 Å². The molecule has 0 saturated heterocycles. The topological polar surface area (TPSA) is 0 Å². The molecule has 0 fully saturated rings. The van der Waals surface area contributed by atoms with Crippen LogP contribution >= 0.6 is 0 Å². The van der Waals surface area contributed by atoms with Crippen molar-refractivity contribution in [1.29, 1.82) is 0 Å². The molecule has 0 aromatic heterocycles. The van der Waals surface area contributed by atoms with Crippen LogP contribution in [0.3, 0.4) is 0 Å². The number of hydrogen-bond acceptors (Lipinski definition) is 0. The smallest absolute Gasteiger partial charge is 0.00974 e. The van der Waals surface area contributed by atoms with Crippen LogP contribution in [-0.4, -0.2) is 0 Å². The Morgan fingerprint density at radius 3 is 2.50 bits per heavy atom. The predicted molar refractivity (Wildman–Crippen MR) is 100 cm³/mol. The molecular weight excluding hydrogens is 264 g/mol. The van der Waals surface area contributed by atoms with E-state index in [1.54, 1.807) is 0 Å². The van der Waals surface area contributed by atoms with E-state index >= 15 is 0 Å². The summed E-state index contributed by atoms with van der Waals surface area (Å²) in [7, 11) is 0. The second-order valence-corrected chi connectivity index (χ2v) is 6.04. The SMILES string of the molecule is C=C(C/C=C/CCCCCCC)c1ccc2ccccc2c1. The minimum absolute atomic E-state index is 0.952. The van der Waals surface area contributed by atoms with Gasteiger partial charge in [0.1, 0.15) is 0 Å². The molecule has 0 bridgehead atoms. The average Bonchev–Trinajstić information content (AvgIpc) is 2.56. The molecule has 0 heterocycles. The Hall–Kier alpha value is -1.82. The molecule has 2 aromatic rings. The summed E-state index contributed by atoms with van der Waals surface area (Å²) in [5.41, 5.74) is 2.46. The molecule has 0 amide bonds. The van der Waals surface area contributed by atoms with E-state index in [0.29, 0.717) is 0 Å². The summed E-state index contributed by atoms with van der Waals surface area (Å²) in [6.45, 7) is 6.50. The van der Waals surface area contributed by atoms with Crippen molar-refractivity contribution in [2.24, 2.45) is 0 Å². The fourth-order valence-electron chi connectivity index (χ4n) is 2.74. The largest absolute Gasteiger partial charge is 0.0949 e. The summed E-state index contributed by atoms with van der Waals surface area (Å²) in [5, 5.41) is 2.59. The first kappa shape index (κ1) is 16.5. The monoisotopic (exact) mass is 292 g/mol. The molecule has 0 radical (unpaired) electrons. The van der Waals surface area contributed by atoms with Gasteiger partial charge in [-0.15, -0.1) is 0 Å². The maximum absolute atomic E-state index is 4.24. The molecule has 0 spiro atoms.